The molecular formula is C17H20N4O2S2. The smallest absolute Gasteiger partial charge is 0.259 e. The summed E-state index contributed by atoms with van der Waals surface area (Å²) in [6.45, 7) is 5.68. The van der Waals surface area contributed by atoms with E-state index in [2.05, 4.69) is 21.4 Å². The van der Waals surface area contributed by atoms with E-state index in [9.17, 15) is 14.9 Å². The fraction of sp³-hybridized carbons (Fsp3) is 0.529. The van der Waals surface area contributed by atoms with Crippen LogP contribution in [0, 0.1) is 31.1 Å². The van der Waals surface area contributed by atoms with Gasteiger partial charge in [0, 0.05) is 4.88 Å². The second-order valence-corrected chi connectivity index (χ2v) is 8.79. The van der Waals surface area contributed by atoms with Crippen molar-refractivity contribution in [2.24, 2.45) is 5.92 Å². The molecule has 0 aliphatic heterocycles. The van der Waals surface area contributed by atoms with Crippen LogP contribution in [0.15, 0.2) is 4.79 Å². The number of nitrogens with one attached hydrogen (secondary N) is 2. The Labute approximate surface area is 154 Å². The Morgan fingerprint density at radius 3 is 2.88 bits per heavy atom. The van der Waals surface area contributed by atoms with E-state index in [0.29, 0.717) is 17.0 Å². The van der Waals surface area contributed by atoms with Gasteiger partial charge in [-0.05, 0) is 45.1 Å². The van der Waals surface area contributed by atoms with E-state index in [-0.39, 0.29) is 23.1 Å². The van der Waals surface area contributed by atoms with Crippen molar-refractivity contribution in [1.29, 1.82) is 5.26 Å². The number of fused-ring (bicyclic) bond motifs is 1. The molecule has 2 N–H and O–H groups in total. The van der Waals surface area contributed by atoms with E-state index in [1.807, 2.05) is 13.8 Å². The molecule has 1 fully saturated rings. The molecule has 25 heavy (non-hydrogen) atoms. The van der Waals surface area contributed by atoms with Crippen LogP contribution in [0.1, 0.15) is 36.0 Å². The number of aromatic amines is 1. The third-order valence-corrected chi connectivity index (χ3v) is 6.63. The fourth-order valence-corrected chi connectivity index (χ4v) is 4.55. The van der Waals surface area contributed by atoms with E-state index >= 15 is 0 Å². The second-order valence-electron chi connectivity index (χ2n) is 6.61. The topological polar surface area (TPSA) is 98.6 Å². The summed E-state index contributed by atoms with van der Waals surface area (Å²) in [4.78, 5) is 33.5. The zero-order valence-corrected chi connectivity index (χ0v) is 16.1. The number of aryl methyl sites for hydroxylation is 2. The normalized spacial score (nSPS) is 16.4. The zero-order chi connectivity index (χ0) is 18.2. The first kappa shape index (κ1) is 18.0. The molecule has 132 valence electrons. The number of aromatic nitrogens is 2. The molecule has 0 aromatic carbocycles. The summed E-state index contributed by atoms with van der Waals surface area (Å²) in [5.74, 6) is 1.35. The van der Waals surface area contributed by atoms with Gasteiger partial charge in [-0.15, -0.1) is 23.1 Å². The number of hydrogen-bond acceptors (Lipinski definition) is 6. The van der Waals surface area contributed by atoms with Gasteiger partial charge in [-0.3, -0.25) is 9.59 Å². The maximum atomic E-state index is 12.2. The van der Waals surface area contributed by atoms with Crippen molar-refractivity contribution in [2.75, 3.05) is 5.75 Å². The van der Waals surface area contributed by atoms with Crippen LogP contribution < -0.4 is 10.9 Å². The summed E-state index contributed by atoms with van der Waals surface area (Å²) < 4.78 is 0. The monoisotopic (exact) mass is 376 g/mol. The van der Waals surface area contributed by atoms with Gasteiger partial charge in [0.2, 0.25) is 5.91 Å². The molecule has 1 aliphatic carbocycles. The van der Waals surface area contributed by atoms with Crippen molar-refractivity contribution in [3.8, 4) is 6.07 Å². The predicted molar refractivity (Wildman–Crippen MR) is 101 cm³/mol. The number of nitrogens with zero attached hydrogens (tertiary/aromatic N) is 2. The van der Waals surface area contributed by atoms with Crippen molar-refractivity contribution in [3.63, 3.8) is 0 Å². The zero-order valence-electron chi connectivity index (χ0n) is 14.4. The summed E-state index contributed by atoms with van der Waals surface area (Å²) >= 11 is 2.89. The van der Waals surface area contributed by atoms with E-state index < -0.39 is 5.54 Å². The van der Waals surface area contributed by atoms with Gasteiger partial charge in [-0.1, -0.05) is 0 Å². The van der Waals surface area contributed by atoms with Gasteiger partial charge in [0.15, 0.2) is 0 Å². The Morgan fingerprint density at radius 1 is 1.52 bits per heavy atom. The SMILES string of the molecule is Cc1sc2nc(CSCC(=O)N[C@@](C)(C#N)C3CC3)[nH]c(=O)c2c1C. The van der Waals surface area contributed by atoms with Crippen molar-refractivity contribution >= 4 is 39.2 Å². The molecule has 6 nitrogen and oxygen atoms in total. The number of rotatable bonds is 6. The lowest BCUT2D eigenvalue weighted by Gasteiger charge is -2.22. The number of thioether (sulfide) groups is 1. The average Bonchev–Trinajstić information content (AvgIpc) is 3.35. The fourth-order valence-electron chi connectivity index (χ4n) is 2.82. The number of carbonyl (C=O) groups excluding carboxylic acids is 1. The predicted octanol–water partition coefficient (Wildman–Crippen LogP) is 2.64. The highest BCUT2D eigenvalue weighted by Gasteiger charge is 2.42. The Bertz CT molecular complexity index is 923. The quantitative estimate of drug-likeness (QED) is 0.807. The molecule has 0 saturated heterocycles. The minimum Gasteiger partial charge on any atom is -0.337 e. The van der Waals surface area contributed by atoms with Gasteiger partial charge in [0.1, 0.15) is 16.2 Å². The highest BCUT2D eigenvalue weighted by Crippen LogP contribution is 2.39. The van der Waals surface area contributed by atoms with Crippen LogP contribution in [0.2, 0.25) is 0 Å². The molecule has 2 aromatic heterocycles. The summed E-state index contributed by atoms with van der Waals surface area (Å²) in [6.07, 6.45) is 1.98. The van der Waals surface area contributed by atoms with Crippen LogP contribution in [0.5, 0.6) is 0 Å². The van der Waals surface area contributed by atoms with Crippen molar-refractivity contribution in [1.82, 2.24) is 15.3 Å². The Balaban J connectivity index is 1.61. The standard InChI is InChI=1S/C17H20N4O2S2/c1-9-10(2)25-16-14(9)15(23)19-12(20-16)6-24-7-13(22)21-17(3,8-18)11-4-5-11/h11H,4-7H2,1-3H3,(H,21,22)(H,19,20,23)/t17-/m0/s1. The van der Waals surface area contributed by atoms with Gasteiger partial charge in [-0.2, -0.15) is 5.26 Å². The van der Waals surface area contributed by atoms with E-state index in [4.69, 9.17) is 0 Å². The third-order valence-electron chi connectivity index (χ3n) is 4.59. The van der Waals surface area contributed by atoms with Gasteiger partial charge in [0.25, 0.3) is 5.56 Å². The number of H-pyrrole nitrogens is 1. The Kier molecular flexibility index (Phi) is 4.89. The minimum atomic E-state index is -0.769. The molecule has 8 heteroatoms. The van der Waals surface area contributed by atoms with Crippen LogP contribution in [0.4, 0.5) is 0 Å². The lowest BCUT2D eigenvalue weighted by molar-refractivity contribution is -0.119. The van der Waals surface area contributed by atoms with Gasteiger partial charge in [0.05, 0.1) is 23.0 Å². The second kappa shape index (κ2) is 6.81. The summed E-state index contributed by atoms with van der Waals surface area (Å²) in [7, 11) is 0. The van der Waals surface area contributed by atoms with Gasteiger partial charge >= 0.3 is 0 Å². The van der Waals surface area contributed by atoms with E-state index in [1.54, 1.807) is 6.92 Å². The lowest BCUT2D eigenvalue weighted by atomic mass is 9.98. The molecule has 2 aromatic rings. The molecule has 0 unspecified atom stereocenters. The van der Waals surface area contributed by atoms with Crippen molar-refractivity contribution in [3.05, 3.63) is 26.6 Å². The first-order valence-corrected chi connectivity index (χ1v) is 10.1. The number of hydrogen-bond donors (Lipinski definition) is 2. The molecule has 2 heterocycles. The van der Waals surface area contributed by atoms with Crippen LogP contribution in [0.3, 0.4) is 0 Å². The highest BCUT2D eigenvalue weighted by atomic mass is 32.2. The molecular weight excluding hydrogens is 356 g/mol. The largest absolute Gasteiger partial charge is 0.337 e. The lowest BCUT2D eigenvalue weighted by Crippen LogP contribution is -2.47. The maximum absolute atomic E-state index is 12.2. The van der Waals surface area contributed by atoms with Crippen LogP contribution in [-0.4, -0.2) is 27.2 Å². The van der Waals surface area contributed by atoms with E-state index in [0.717, 1.165) is 28.1 Å². The molecule has 1 aliphatic rings. The van der Waals surface area contributed by atoms with Gasteiger partial charge in [-0.25, -0.2) is 4.98 Å². The van der Waals surface area contributed by atoms with Gasteiger partial charge < -0.3 is 10.3 Å². The first-order valence-electron chi connectivity index (χ1n) is 8.13. The van der Waals surface area contributed by atoms with Crippen molar-refractivity contribution < 1.29 is 4.79 Å². The maximum Gasteiger partial charge on any atom is 0.259 e. The molecule has 1 saturated carbocycles. The molecule has 3 rings (SSSR count). The third kappa shape index (κ3) is 3.72. The molecule has 1 amide bonds. The number of carbonyl (C=O) groups is 1. The highest BCUT2D eigenvalue weighted by molar-refractivity contribution is 7.99. The Morgan fingerprint density at radius 2 is 2.24 bits per heavy atom. The van der Waals surface area contributed by atoms with E-state index in [1.165, 1.54) is 23.1 Å². The van der Waals surface area contributed by atoms with Crippen LogP contribution in [0.25, 0.3) is 10.2 Å². The number of thiophene rings is 1. The molecule has 1 atom stereocenters. The molecule has 0 radical (unpaired) electrons. The van der Waals surface area contributed by atoms with Crippen molar-refractivity contribution in [2.45, 2.75) is 44.9 Å². The Hall–Kier alpha value is -1.85. The minimum absolute atomic E-state index is 0.127. The number of nitriles is 1. The molecule has 0 spiro atoms. The summed E-state index contributed by atoms with van der Waals surface area (Å²) in [5, 5.41) is 12.8. The summed E-state index contributed by atoms with van der Waals surface area (Å²) in [5.41, 5.74) is 0.0793. The summed E-state index contributed by atoms with van der Waals surface area (Å²) in [6, 6.07) is 2.21. The average molecular weight is 377 g/mol. The molecule has 0 bridgehead atoms. The van der Waals surface area contributed by atoms with Crippen LogP contribution in [-0.2, 0) is 10.5 Å². The first-order chi connectivity index (χ1) is 11.8. The number of amides is 1. The van der Waals surface area contributed by atoms with Crippen LogP contribution >= 0.6 is 23.1 Å².